The van der Waals surface area contributed by atoms with E-state index in [2.05, 4.69) is 30.4 Å². The predicted molar refractivity (Wildman–Crippen MR) is 168 cm³/mol. The highest BCUT2D eigenvalue weighted by atomic mass is 16.5. The van der Waals surface area contributed by atoms with E-state index < -0.39 is 17.8 Å². The number of carbonyl (C=O) groups excluding carboxylic acids is 3. The van der Waals surface area contributed by atoms with Gasteiger partial charge in [-0.1, -0.05) is 86.1 Å². The number of barbiturate groups is 1. The smallest absolute Gasteiger partial charge is 0.335 e. The van der Waals surface area contributed by atoms with Gasteiger partial charge >= 0.3 is 6.03 Å². The lowest BCUT2D eigenvalue weighted by Crippen LogP contribution is -2.54. The maximum Gasteiger partial charge on any atom is 0.335 e. The molecule has 4 amide bonds. The van der Waals surface area contributed by atoms with Crippen molar-refractivity contribution in [1.29, 1.82) is 0 Å². The summed E-state index contributed by atoms with van der Waals surface area (Å²) in [6.45, 7) is 2.95. The van der Waals surface area contributed by atoms with Crippen molar-refractivity contribution < 1.29 is 23.9 Å². The van der Waals surface area contributed by atoms with E-state index in [1.165, 1.54) is 6.08 Å². The summed E-state index contributed by atoms with van der Waals surface area (Å²) in [6, 6.07) is 31.5. The van der Waals surface area contributed by atoms with Crippen LogP contribution in [-0.4, -0.2) is 24.5 Å². The van der Waals surface area contributed by atoms with Gasteiger partial charge in [0.05, 0.1) is 12.3 Å². The van der Waals surface area contributed by atoms with Crippen LogP contribution in [0.4, 0.5) is 10.5 Å². The van der Waals surface area contributed by atoms with Crippen LogP contribution >= 0.6 is 0 Å². The average Bonchev–Trinajstić information content (AvgIpc) is 3.03. The maximum absolute atomic E-state index is 13.7. The van der Waals surface area contributed by atoms with Gasteiger partial charge in [-0.15, -0.1) is 0 Å². The van der Waals surface area contributed by atoms with Crippen molar-refractivity contribution >= 4 is 51.2 Å². The zero-order valence-corrected chi connectivity index (χ0v) is 23.7. The molecule has 6 rings (SSSR count). The molecule has 0 radical (unpaired) electrons. The molecule has 1 aliphatic heterocycles. The predicted octanol–water partition coefficient (Wildman–Crippen LogP) is 7.42. The van der Waals surface area contributed by atoms with Gasteiger partial charge in [0.2, 0.25) is 0 Å². The average molecular weight is 571 g/mol. The Kier molecular flexibility index (Phi) is 7.87. The molecule has 0 aliphatic carbocycles. The van der Waals surface area contributed by atoms with Gasteiger partial charge in [0.25, 0.3) is 11.8 Å². The zero-order chi connectivity index (χ0) is 29.8. The van der Waals surface area contributed by atoms with E-state index in [0.29, 0.717) is 29.4 Å². The molecule has 7 nitrogen and oxygen atoms in total. The van der Waals surface area contributed by atoms with Crippen molar-refractivity contribution in [2.24, 2.45) is 0 Å². The molecule has 1 fully saturated rings. The van der Waals surface area contributed by atoms with Gasteiger partial charge in [-0.25, -0.2) is 9.69 Å². The molecule has 0 bridgehead atoms. The van der Waals surface area contributed by atoms with Crippen LogP contribution in [0, 0.1) is 0 Å². The number of carbonyl (C=O) groups is 3. The van der Waals surface area contributed by atoms with Crippen LogP contribution in [0.5, 0.6) is 11.5 Å². The maximum atomic E-state index is 13.7. The number of unbranched alkanes of at least 4 members (excludes halogenated alkanes) is 1. The number of rotatable bonds is 9. The highest BCUT2D eigenvalue weighted by Gasteiger charge is 2.37. The normalized spacial score (nSPS) is 14.4. The van der Waals surface area contributed by atoms with Crippen molar-refractivity contribution in [2.45, 2.75) is 26.4 Å². The minimum Gasteiger partial charge on any atom is -0.494 e. The summed E-state index contributed by atoms with van der Waals surface area (Å²) < 4.78 is 12.1. The Morgan fingerprint density at radius 3 is 2.21 bits per heavy atom. The first kappa shape index (κ1) is 27.7. The van der Waals surface area contributed by atoms with Crippen LogP contribution in [0.1, 0.15) is 30.9 Å². The second-order valence-corrected chi connectivity index (χ2v) is 10.3. The number of hydrogen-bond donors (Lipinski definition) is 1. The molecule has 1 N–H and O–H groups in total. The summed E-state index contributed by atoms with van der Waals surface area (Å²) >= 11 is 0. The van der Waals surface area contributed by atoms with Crippen LogP contribution in [-0.2, 0) is 16.2 Å². The minimum absolute atomic E-state index is 0.172. The first-order chi connectivity index (χ1) is 21.0. The van der Waals surface area contributed by atoms with Gasteiger partial charge in [0.1, 0.15) is 23.7 Å². The van der Waals surface area contributed by atoms with Crippen molar-refractivity contribution in [1.82, 2.24) is 5.32 Å². The number of hydrogen-bond acceptors (Lipinski definition) is 5. The van der Waals surface area contributed by atoms with Crippen LogP contribution in [0.25, 0.3) is 27.6 Å². The van der Waals surface area contributed by atoms with Gasteiger partial charge in [-0.05, 0) is 69.9 Å². The highest BCUT2D eigenvalue weighted by molar-refractivity contribution is 6.39. The molecule has 5 aromatic carbocycles. The number of nitrogens with zero attached hydrogens (tertiary/aromatic N) is 1. The van der Waals surface area contributed by atoms with Crippen molar-refractivity contribution in [2.75, 3.05) is 11.5 Å². The van der Waals surface area contributed by atoms with Crippen LogP contribution in [0.3, 0.4) is 0 Å². The lowest BCUT2D eigenvalue weighted by molar-refractivity contribution is -0.122. The third kappa shape index (κ3) is 5.70. The van der Waals surface area contributed by atoms with E-state index in [0.717, 1.165) is 44.8 Å². The summed E-state index contributed by atoms with van der Waals surface area (Å²) in [7, 11) is 0. The summed E-state index contributed by atoms with van der Waals surface area (Å²) in [5.41, 5.74) is 1.74. The van der Waals surface area contributed by atoms with Gasteiger partial charge in [0, 0.05) is 5.56 Å². The number of imide groups is 2. The second kappa shape index (κ2) is 12.2. The Morgan fingerprint density at radius 1 is 0.744 bits per heavy atom. The number of fused-ring (bicyclic) bond motifs is 2. The van der Waals surface area contributed by atoms with Crippen LogP contribution < -0.4 is 19.7 Å². The van der Waals surface area contributed by atoms with E-state index in [1.54, 1.807) is 24.3 Å². The van der Waals surface area contributed by atoms with Crippen molar-refractivity contribution in [3.63, 3.8) is 0 Å². The third-order valence-corrected chi connectivity index (χ3v) is 7.45. The fourth-order valence-corrected chi connectivity index (χ4v) is 5.19. The second-order valence-electron chi connectivity index (χ2n) is 10.3. The number of amides is 4. The topological polar surface area (TPSA) is 84.9 Å². The van der Waals surface area contributed by atoms with Crippen LogP contribution in [0.2, 0.25) is 0 Å². The zero-order valence-electron chi connectivity index (χ0n) is 23.7. The molecule has 7 heteroatoms. The molecular weight excluding hydrogens is 540 g/mol. The SMILES string of the molecule is CCCCOc1ccc(N2C(=O)NC(=O)/C(=C/c3c(OCc4cccc5ccccc45)ccc4ccccc34)C2=O)cc1. The molecule has 214 valence electrons. The number of benzene rings is 5. The molecule has 43 heavy (non-hydrogen) atoms. The summed E-state index contributed by atoms with van der Waals surface area (Å²) in [4.78, 5) is 40.6. The van der Waals surface area contributed by atoms with Gasteiger partial charge in [-0.2, -0.15) is 0 Å². The first-order valence-corrected chi connectivity index (χ1v) is 14.3. The Bertz CT molecular complexity index is 1870. The van der Waals surface area contributed by atoms with E-state index in [-0.39, 0.29) is 12.2 Å². The number of anilines is 1. The fraction of sp³-hybridized carbons (Fsp3) is 0.139. The summed E-state index contributed by atoms with van der Waals surface area (Å²) in [6.07, 6.45) is 3.45. The molecule has 0 saturated carbocycles. The van der Waals surface area contributed by atoms with E-state index in [9.17, 15) is 14.4 Å². The number of ether oxygens (including phenoxy) is 2. The number of urea groups is 1. The largest absolute Gasteiger partial charge is 0.494 e. The molecule has 0 spiro atoms. The summed E-state index contributed by atoms with van der Waals surface area (Å²) in [5, 5.41) is 6.24. The lowest BCUT2D eigenvalue weighted by Gasteiger charge is -2.26. The summed E-state index contributed by atoms with van der Waals surface area (Å²) in [5.74, 6) is -0.338. The molecule has 0 atom stereocenters. The van der Waals surface area contributed by atoms with Gasteiger partial charge in [-0.3, -0.25) is 14.9 Å². The quantitative estimate of drug-likeness (QED) is 0.113. The van der Waals surface area contributed by atoms with Crippen molar-refractivity contribution in [3.8, 4) is 11.5 Å². The van der Waals surface area contributed by atoms with Gasteiger partial charge < -0.3 is 9.47 Å². The molecule has 1 aliphatic rings. The van der Waals surface area contributed by atoms with E-state index in [1.807, 2.05) is 60.7 Å². The standard InChI is InChI=1S/C36H30N2O5/c1-2-3-21-42-28-18-16-27(17-19-28)38-35(40)32(34(39)37-36(38)41)22-31-30-14-7-5-10-25(30)15-20-33(31)43-23-26-12-8-11-24-9-4-6-13-29(24)26/h4-20,22H,2-3,21,23H2,1H3,(H,37,39,41)/b32-22-. The number of nitrogens with one attached hydrogen (secondary N) is 1. The Morgan fingerprint density at radius 2 is 1.44 bits per heavy atom. The highest BCUT2D eigenvalue weighted by Crippen LogP contribution is 2.33. The van der Waals surface area contributed by atoms with E-state index in [4.69, 9.17) is 9.47 Å². The molecule has 0 unspecified atom stereocenters. The van der Waals surface area contributed by atoms with Gasteiger partial charge in [0.15, 0.2) is 0 Å². The Labute approximate surface area is 249 Å². The Balaban J connectivity index is 1.35. The third-order valence-electron chi connectivity index (χ3n) is 7.45. The molecule has 1 heterocycles. The molecule has 5 aromatic rings. The monoisotopic (exact) mass is 570 g/mol. The minimum atomic E-state index is -0.808. The molecular formula is C36H30N2O5. The van der Waals surface area contributed by atoms with E-state index >= 15 is 0 Å². The fourth-order valence-electron chi connectivity index (χ4n) is 5.19. The first-order valence-electron chi connectivity index (χ1n) is 14.3. The molecule has 1 saturated heterocycles. The van der Waals surface area contributed by atoms with Crippen molar-refractivity contribution in [3.05, 3.63) is 120 Å². The Hall–Kier alpha value is -5.43. The molecule has 0 aromatic heterocycles. The lowest BCUT2D eigenvalue weighted by atomic mass is 9.99. The van der Waals surface area contributed by atoms with Crippen LogP contribution in [0.15, 0.2) is 109 Å².